The van der Waals surface area contributed by atoms with Crippen LogP contribution in [0.2, 0.25) is 0 Å². The number of sulfone groups is 1. The summed E-state index contributed by atoms with van der Waals surface area (Å²) in [4.78, 5) is 16.6. The van der Waals surface area contributed by atoms with Crippen LogP contribution in [0.25, 0.3) is 0 Å². The normalized spacial score (nSPS) is 11.1. The lowest BCUT2D eigenvalue weighted by molar-refractivity contribution is 0.0995. The van der Waals surface area contributed by atoms with E-state index < -0.39 is 15.7 Å². The molecule has 134 valence electrons. The molecule has 3 rings (SSSR count). The van der Waals surface area contributed by atoms with Crippen LogP contribution in [0.15, 0.2) is 70.3 Å². The smallest absolute Gasteiger partial charge is 0.291 e. The number of rotatable bonds is 6. The largest absolute Gasteiger partial charge is 0.481 e. The first-order valence-electron chi connectivity index (χ1n) is 7.65. The zero-order chi connectivity index (χ0) is 18.6. The zero-order valence-electron chi connectivity index (χ0n) is 13.9. The molecular formula is C18H16N2O5S. The molecule has 0 unspecified atom stereocenters. The second-order valence-electron chi connectivity index (χ2n) is 5.39. The molecule has 7 nitrogen and oxygen atoms in total. The molecule has 1 aromatic carbocycles. The third-order valence-electron chi connectivity index (χ3n) is 3.60. The van der Waals surface area contributed by atoms with Crippen molar-refractivity contribution in [3.05, 3.63) is 72.3 Å². The Bertz CT molecular complexity index is 996. The molecule has 0 aliphatic carbocycles. The highest BCUT2D eigenvalue weighted by Gasteiger charge is 2.22. The molecule has 0 bridgehead atoms. The summed E-state index contributed by atoms with van der Waals surface area (Å²) in [5.74, 6) is -0.534. The van der Waals surface area contributed by atoms with Gasteiger partial charge in [-0.1, -0.05) is 18.2 Å². The number of hydrogen-bond donors (Lipinski definition) is 1. The van der Waals surface area contributed by atoms with Crippen molar-refractivity contribution in [2.24, 2.45) is 0 Å². The van der Waals surface area contributed by atoms with Gasteiger partial charge in [0.2, 0.25) is 5.88 Å². The van der Waals surface area contributed by atoms with Crippen molar-refractivity contribution in [1.29, 1.82) is 0 Å². The van der Waals surface area contributed by atoms with Gasteiger partial charge in [-0.15, -0.1) is 0 Å². The topological polar surface area (TPSA) is 98.5 Å². The van der Waals surface area contributed by atoms with Gasteiger partial charge in [0.15, 0.2) is 15.6 Å². The van der Waals surface area contributed by atoms with E-state index in [-0.39, 0.29) is 22.0 Å². The van der Waals surface area contributed by atoms with Gasteiger partial charge >= 0.3 is 0 Å². The molecule has 2 aromatic heterocycles. The molecule has 0 aliphatic heterocycles. The Morgan fingerprint density at radius 3 is 2.58 bits per heavy atom. The highest BCUT2D eigenvalue weighted by molar-refractivity contribution is 7.90. The van der Waals surface area contributed by atoms with Crippen molar-refractivity contribution in [2.45, 2.75) is 10.6 Å². The molecule has 8 heteroatoms. The number of furan rings is 1. The minimum absolute atomic E-state index is 0.0553. The van der Waals surface area contributed by atoms with E-state index in [1.54, 1.807) is 30.3 Å². The fourth-order valence-corrected chi connectivity index (χ4v) is 3.70. The first-order chi connectivity index (χ1) is 12.5. The quantitative estimate of drug-likeness (QED) is 0.714. The molecule has 3 aromatic rings. The highest BCUT2D eigenvalue weighted by atomic mass is 32.2. The number of carbonyl (C=O) groups is 1. The minimum atomic E-state index is -3.59. The summed E-state index contributed by atoms with van der Waals surface area (Å²) in [5, 5.41) is 2.62. The van der Waals surface area contributed by atoms with Crippen LogP contribution < -0.4 is 10.1 Å². The van der Waals surface area contributed by atoms with Gasteiger partial charge in [-0.3, -0.25) is 4.79 Å². The number of hydrogen-bond acceptors (Lipinski definition) is 6. The van der Waals surface area contributed by atoms with Gasteiger partial charge in [0.1, 0.15) is 0 Å². The Balaban J connectivity index is 1.78. The van der Waals surface area contributed by atoms with E-state index in [9.17, 15) is 13.2 Å². The molecule has 0 spiro atoms. The van der Waals surface area contributed by atoms with Gasteiger partial charge in [-0.05, 0) is 24.3 Å². The Morgan fingerprint density at radius 2 is 1.92 bits per heavy atom. The van der Waals surface area contributed by atoms with Gasteiger partial charge in [0, 0.05) is 11.6 Å². The zero-order valence-corrected chi connectivity index (χ0v) is 14.7. The molecular weight excluding hydrogens is 356 g/mol. The van der Waals surface area contributed by atoms with Crippen molar-refractivity contribution >= 4 is 21.4 Å². The average Bonchev–Trinajstić information content (AvgIpc) is 3.10. The predicted octanol–water partition coefficient (Wildman–Crippen LogP) is 2.91. The number of methoxy groups -OCH3 is 1. The molecule has 26 heavy (non-hydrogen) atoms. The lowest BCUT2D eigenvalue weighted by atomic mass is 10.2. The van der Waals surface area contributed by atoms with Crippen molar-refractivity contribution in [3.8, 4) is 5.88 Å². The number of anilines is 1. The second kappa shape index (κ2) is 7.40. The standard InChI is InChI=1S/C18H16N2O5S/c1-24-16-8-7-14(11-19-16)20-18(21)17-13(9-10-25-17)12-26(22,23)15-5-3-2-4-6-15/h2-11H,12H2,1H3,(H,20,21). The van der Waals surface area contributed by atoms with Crippen LogP contribution in [0.1, 0.15) is 16.1 Å². The van der Waals surface area contributed by atoms with Crippen molar-refractivity contribution in [1.82, 2.24) is 4.98 Å². The summed E-state index contributed by atoms with van der Waals surface area (Å²) in [6.45, 7) is 0. The van der Waals surface area contributed by atoms with Crippen LogP contribution >= 0.6 is 0 Å². The van der Waals surface area contributed by atoms with Gasteiger partial charge in [-0.25, -0.2) is 13.4 Å². The van der Waals surface area contributed by atoms with Gasteiger partial charge < -0.3 is 14.5 Å². The molecule has 1 N–H and O–H groups in total. The van der Waals surface area contributed by atoms with E-state index >= 15 is 0 Å². The predicted molar refractivity (Wildman–Crippen MR) is 94.8 cm³/mol. The number of nitrogens with one attached hydrogen (secondary N) is 1. The fraction of sp³-hybridized carbons (Fsp3) is 0.111. The molecule has 0 saturated heterocycles. The van der Waals surface area contributed by atoms with Crippen LogP contribution in [0.5, 0.6) is 5.88 Å². The maximum absolute atomic E-state index is 12.5. The Morgan fingerprint density at radius 1 is 1.15 bits per heavy atom. The Hall–Kier alpha value is -3.13. The third kappa shape index (κ3) is 3.92. The lowest BCUT2D eigenvalue weighted by Crippen LogP contribution is -2.15. The highest BCUT2D eigenvalue weighted by Crippen LogP contribution is 2.21. The number of amides is 1. The number of benzene rings is 1. The molecule has 1 amide bonds. The Kier molecular flexibility index (Phi) is 5.04. The van der Waals surface area contributed by atoms with E-state index in [1.165, 1.54) is 37.8 Å². The number of ether oxygens (including phenoxy) is 1. The van der Waals surface area contributed by atoms with Crippen LogP contribution in [0, 0.1) is 0 Å². The molecule has 0 atom stereocenters. The number of carbonyl (C=O) groups excluding carboxylic acids is 1. The summed E-state index contributed by atoms with van der Waals surface area (Å²) in [5.41, 5.74) is 0.719. The van der Waals surface area contributed by atoms with Crippen molar-refractivity contribution in [2.75, 3.05) is 12.4 Å². The summed E-state index contributed by atoms with van der Waals surface area (Å²) >= 11 is 0. The maximum Gasteiger partial charge on any atom is 0.291 e. The van der Waals surface area contributed by atoms with Gasteiger partial charge in [-0.2, -0.15) is 0 Å². The first kappa shape index (κ1) is 17.7. The summed E-state index contributed by atoms with van der Waals surface area (Å²) in [6.07, 6.45) is 2.72. The monoisotopic (exact) mass is 372 g/mol. The van der Waals surface area contributed by atoms with E-state index in [4.69, 9.17) is 9.15 Å². The molecule has 0 radical (unpaired) electrons. The van der Waals surface area contributed by atoms with Crippen molar-refractivity contribution in [3.63, 3.8) is 0 Å². The van der Waals surface area contributed by atoms with Gasteiger partial charge in [0.05, 0.1) is 35.9 Å². The lowest BCUT2D eigenvalue weighted by Gasteiger charge is -2.07. The van der Waals surface area contributed by atoms with E-state index in [0.717, 1.165) is 0 Å². The summed E-state index contributed by atoms with van der Waals surface area (Å²) in [7, 11) is -2.10. The fourth-order valence-electron chi connectivity index (χ4n) is 2.33. The minimum Gasteiger partial charge on any atom is -0.481 e. The van der Waals surface area contributed by atoms with E-state index in [2.05, 4.69) is 10.3 Å². The molecule has 0 saturated carbocycles. The first-order valence-corrected chi connectivity index (χ1v) is 9.30. The van der Waals surface area contributed by atoms with Crippen LogP contribution in [0.3, 0.4) is 0 Å². The number of nitrogens with zero attached hydrogens (tertiary/aromatic N) is 1. The molecule has 0 aliphatic rings. The summed E-state index contributed by atoms with van der Waals surface area (Å²) in [6, 6.07) is 12.7. The SMILES string of the molecule is COc1ccc(NC(=O)c2occc2CS(=O)(=O)c2ccccc2)cn1. The molecule has 2 heterocycles. The number of aromatic nitrogens is 1. The van der Waals surface area contributed by atoms with E-state index in [0.29, 0.717) is 11.6 Å². The Labute approximate surface area is 150 Å². The molecule has 0 fully saturated rings. The van der Waals surface area contributed by atoms with Crippen LogP contribution in [-0.2, 0) is 15.6 Å². The summed E-state index contributed by atoms with van der Waals surface area (Å²) < 4.78 is 35.2. The average molecular weight is 372 g/mol. The van der Waals surface area contributed by atoms with Crippen LogP contribution in [0.4, 0.5) is 5.69 Å². The van der Waals surface area contributed by atoms with Crippen molar-refractivity contribution < 1.29 is 22.4 Å². The maximum atomic E-state index is 12.5. The van der Waals surface area contributed by atoms with Crippen LogP contribution in [-0.4, -0.2) is 26.4 Å². The van der Waals surface area contributed by atoms with Gasteiger partial charge in [0.25, 0.3) is 5.91 Å². The third-order valence-corrected chi connectivity index (χ3v) is 5.29. The second-order valence-corrected chi connectivity index (χ2v) is 7.38. The van der Waals surface area contributed by atoms with E-state index in [1.807, 2.05) is 0 Å². The number of pyridine rings is 1.